The van der Waals surface area contributed by atoms with Crippen LogP contribution in [0.4, 0.5) is 0 Å². The molecule has 2 fully saturated rings. The molecule has 2 heterocycles. The lowest BCUT2D eigenvalue weighted by molar-refractivity contribution is 0.0500. The molecule has 0 radical (unpaired) electrons. The summed E-state index contributed by atoms with van der Waals surface area (Å²) in [6, 6.07) is 0.856. The van der Waals surface area contributed by atoms with E-state index in [1.54, 1.807) is 0 Å². The number of nitrogens with zero attached hydrogens (tertiary/aromatic N) is 3. The smallest absolute Gasteiger partial charge is 0.0223 e. The van der Waals surface area contributed by atoms with E-state index in [-0.39, 0.29) is 0 Å². The minimum Gasteiger partial charge on any atom is -0.314 e. The topological polar surface area (TPSA) is 21.8 Å². The van der Waals surface area contributed by atoms with Crippen molar-refractivity contribution in [2.24, 2.45) is 0 Å². The van der Waals surface area contributed by atoms with E-state index in [1.807, 2.05) is 0 Å². The van der Waals surface area contributed by atoms with Crippen LogP contribution in [0.2, 0.25) is 0 Å². The number of hydrogen-bond donors (Lipinski definition) is 1. The molecule has 0 aromatic heterocycles. The Morgan fingerprint density at radius 3 is 2.83 bits per heavy atom. The molecule has 0 aliphatic carbocycles. The van der Waals surface area contributed by atoms with Crippen LogP contribution >= 0.6 is 0 Å². The summed E-state index contributed by atoms with van der Waals surface area (Å²) in [5.74, 6) is 0. The third-order valence-corrected chi connectivity index (χ3v) is 4.26. The number of likely N-dealkylation sites (N-methyl/N-ethyl adjacent to an activating group) is 1. The van der Waals surface area contributed by atoms with Crippen molar-refractivity contribution >= 4 is 0 Å². The molecule has 0 aromatic carbocycles. The highest BCUT2D eigenvalue weighted by Gasteiger charge is 2.28. The molecule has 1 unspecified atom stereocenters. The maximum atomic E-state index is 3.54. The first kappa shape index (κ1) is 14.3. The molecule has 0 amide bonds. The van der Waals surface area contributed by atoms with Gasteiger partial charge in [-0.05, 0) is 33.5 Å². The van der Waals surface area contributed by atoms with E-state index in [2.05, 4.69) is 34.1 Å². The van der Waals surface area contributed by atoms with E-state index in [0.717, 1.165) is 25.7 Å². The van der Waals surface area contributed by atoms with Crippen LogP contribution in [-0.2, 0) is 0 Å². The number of piperazine rings is 1. The van der Waals surface area contributed by atoms with E-state index in [1.165, 1.54) is 52.0 Å². The van der Waals surface area contributed by atoms with Gasteiger partial charge in [-0.3, -0.25) is 9.80 Å². The van der Waals surface area contributed by atoms with Crippen molar-refractivity contribution in [1.29, 1.82) is 0 Å². The maximum absolute atomic E-state index is 3.54. The van der Waals surface area contributed by atoms with Crippen LogP contribution in [0.1, 0.15) is 19.3 Å². The summed E-state index contributed by atoms with van der Waals surface area (Å²) in [7, 11) is 4.26. The molecule has 2 saturated heterocycles. The van der Waals surface area contributed by atoms with E-state index in [9.17, 15) is 0 Å². The van der Waals surface area contributed by atoms with Crippen molar-refractivity contribution in [3.63, 3.8) is 0 Å². The summed E-state index contributed by atoms with van der Waals surface area (Å²) in [4.78, 5) is 7.59. The molecule has 18 heavy (non-hydrogen) atoms. The lowest BCUT2D eigenvalue weighted by Crippen LogP contribution is -2.55. The lowest BCUT2D eigenvalue weighted by Gasteiger charge is -2.44. The van der Waals surface area contributed by atoms with Gasteiger partial charge in [0.05, 0.1) is 0 Å². The standard InChI is InChI=1S/C14H30N4/c1-16(2)9-6-15-7-10-17-11-12-18-8-4-3-5-14(18)13-17/h14-15H,3-13H2,1-2H3. The summed E-state index contributed by atoms with van der Waals surface area (Å²) < 4.78 is 0. The first-order valence-electron chi connectivity index (χ1n) is 7.57. The highest BCUT2D eigenvalue weighted by Crippen LogP contribution is 2.20. The molecular formula is C14H30N4. The average molecular weight is 254 g/mol. The van der Waals surface area contributed by atoms with Crippen molar-refractivity contribution in [2.75, 3.05) is 66.5 Å². The minimum atomic E-state index is 0.856. The maximum Gasteiger partial charge on any atom is 0.0223 e. The fourth-order valence-corrected chi connectivity index (χ4v) is 3.09. The first-order valence-corrected chi connectivity index (χ1v) is 7.57. The molecule has 0 spiro atoms. The normalized spacial score (nSPS) is 26.5. The van der Waals surface area contributed by atoms with Crippen LogP contribution in [0.3, 0.4) is 0 Å². The molecule has 2 aliphatic heterocycles. The Hall–Kier alpha value is -0.160. The van der Waals surface area contributed by atoms with Gasteiger partial charge >= 0.3 is 0 Å². The SMILES string of the molecule is CN(C)CCNCCN1CCN2CCCCC2C1. The van der Waals surface area contributed by atoms with E-state index in [4.69, 9.17) is 0 Å². The number of hydrogen-bond acceptors (Lipinski definition) is 4. The second kappa shape index (κ2) is 7.43. The third kappa shape index (κ3) is 4.50. The molecule has 106 valence electrons. The van der Waals surface area contributed by atoms with Gasteiger partial charge in [-0.2, -0.15) is 0 Å². The average Bonchev–Trinajstić information content (AvgIpc) is 2.38. The summed E-state index contributed by atoms with van der Waals surface area (Å²) in [6.07, 6.45) is 4.28. The second-order valence-electron chi connectivity index (χ2n) is 6.04. The quantitative estimate of drug-likeness (QED) is 0.689. The monoisotopic (exact) mass is 254 g/mol. The summed E-state index contributed by atoms with van der Waals surface area (Å²) in [5, 5.41) is 3.54. The molecule has 1 atom stereocenters. The Morgan fingerprint density at radius 2 is 2.00 bits per heavy atom. The van der Waals surface area contributed by atoms with Crippen molar-refractivity contribution in [2.45, 2.75) is 25.3 Å². The number of nitrogens with one attached hydrogen (secondary N) is 1. The molecule has 4 nitrogen and oxygen atoms in total. The van der Waals surface area contributed by atoms with Crippen molar-refractivity contribution in [1.82, 2.24) is 20.0 Å². The van der Waals surface area contributed by atoms with Gasteiger partial charge in [-0.25, -0.2) is 0 Å². The zero-order valence-corrected chi connectivity index (χ0v) is 12.2. The molecule has 1 N–H and O–H groups in total. The summed E-state index contributed by atoms with van der Waals surface area (Å²) in [6.45, 7) is 9.81. The molecule has 2 rings (SSSR count). The number of fused-ring (bicyclic) bond motifs is 1. The lowest BCUT2D eigenvalue weighted by atomic mass is 9.99. The van der Waals surface area contributed by atoms with Gasteiger partial charge in [0, 0.05) is 51.9 Å². The molecule has 0 aromatic rings. The van der Waals surface area contributed by atoms with E-state index in [0.29, 0.717) is 0 Å². The molecule has 4 heteroatoms. The van der Waals surface area contributed by atoms with Gasteiger partial charge in [0.2, 0.25) is 0 Å². The molecule has 0 bridgehead atoms. The fourth-order valence-electron chi connectivity index (χ4n) is 3.09. The number of rotatable bonds is 6. The van der Waals surface area contributed by atoms with E-state index >= 15 is 0 Å². The Balaban J connectivity index is 1.57. The first-order chi connectivity index (χ1) is 8.75. The van der Waals surface area contributed by atoms with Crippen LogP contribution < -0.4 is 5.32 Å². The Bertz CT molecular complexity index is 232. The van der Waals surface area contributed by atoms with Crippen LogP contribution in [0.15, 0.2) is 0 Å². The summed E-state index contributed by atoms with van der Waals surface area (Å²) in [5.41, 5.74) is 0. The molecule has 2 aliphatic rings. The predicted molar refractivity (Wildman–Crippen MR) is 77.1 cm³/mol. The van der Waals surface area contributed by atoms with Gasteiger partial charge in [-0.15, -0.1) is 0 Å². The van der Waals surface area contributed by atoms with Gasteiger partial charge in [-0.1, -0.05) is 6.42 Å². The van der Waals surface area contributed by atoms with Gasteiger partial charge < -0.3 is 10.2 Å². The Labute approximate surface area is 112 Å². The van der Waals surface area contributed by atoms with Gasteiger partial charge in [0.25, 0.3) is 0 Å². The zero-order chi connectivity index (χ0) is 12.8. The zero-order valence-electron chi connectivity index (χ0n) is 12.2. The summed E-state index contributed by atoms with van der Waals surface area (Å²) >= 11 is 0. The van der Waals surface area contributed by atoms with Crippen LogP contribution in [0.25, 0.3) is 0 Å². The van der Waals surface area contributed by atoms with Gasteiger partial charge in [0.15, 0.2) is 0 Å². The van der Waals surface area contributed by atoms with E-state index < -0.39 is 0 Å². The van der Waals surface area contributed by atoms with Crippen LogP contribution in [-0.4, -0.2) is 87.2 Å². The van der Waals surface area contributed by atoms with Crippen LogP contribution in [0.5, 0.6) is 0 Å². The van der Waals surface area contributed by atoms with Gasteiger partial charge in [0.1, 0.15) is 0 Å². The molecular weight excluding hydrogens is 224 g/mol. The van der Waals surface area contributed by atoms with Crippen molar-refractivity contribution in [3.8, 4) is 0 Å². The molecule has 0 saturated carbocycles. The minimum absolute atomic E-state index is 0.856. The highest BCUT2D eigenvalue weighted by atomic mass is 15.3. The Morgan fingerprint density at radius 1 is 1.11 bits per heavy atom. The van der Waals surface area contributed by atoms with Crippen molar-refractivity contribution in [3.05, 3.63) is 0 Å². The number of piperidine rings is 1. The van der Waals surface area contributed by atoms with Crippen LogP contribution in [0, 0.1) is 0 Å². The van der Waals surface area contributed by atoms with Crippen molar-refractivity contribution < 1.29 is 0 Å². The fraction of sp³-hybridized carbons (Fsp3) is 1.00. The predicted octanol–water partition coefficient (Wildman–Crippen LogP) is 0.308. The largest absolute Gasteiger partial charge is 0.314 e. The second-order valence-corrected chi connectivity index (χ2v) is 6.04. The highest BCUT2D eigenvalue weighted by molar-refractivity contribution is 4.85. The Kier molecular flexibility index (Phi) is 5.89. The third-order valence-electron chi connectivity index (χ3n) is 4.26.